The highest BCUT2D eigenvalue weighted by molar-refractivity contribution is 5.70. The van der Waals surface area contributed by atoms with Gasteiger partial charge < -0.3 is 4.42 Å². The highest BCUT2D eigenvalue weighted by Crippen LogP contribution is 2.61. The van der Waals surface area contributed by atoms with Crippen LogP contribution in [0, 0.1) is 17.3 Å². The molecule has 1 aliphatic heterocycles. The summed E-state index contributed by atoms with van der Waals surface area (Å²) in [5.74, 6) is 3.58. The maximum atomic E-state index is 6.37. The van der Waals surface area contributed by atoms with Gasteiger partial charge in [0, 0.05) is 11.6 Å². The fourth-order valence-electron chi connectivity index (χ4n) is 4.64. The molecule has 24 heavy (non-hydrogen) atoms. The van der Waals surface area contributed by atoms with E-state index >= 15 is 0 Å². The van der Waals surface area contributed by atoms with Crippen LogP contribution in [0.4, 0.5) is 0 Å². The van der Waals surface area contributed by atoms with E-state index in [-0.39, 0.29) is 0 Å². The Hall–Kier alpha value is -1.83. The first-order chi connectivity index (χ1) is 11.5. The van der Waals surface area contributed by atoms with E-state index in [0.717, 1.165) is 30.5 Å². The number of hydrogen-bond acceptors (Lipinski definition) is 1. The van der Waals surface area contributed by atoms with Crippen LogP contribution in [0.15, 0.2) is 40.8 Å². The van der Waals surface area contributed by atoms with E-state index in [1.807, 2.05) is 0 Å². The SMILES string of the molecule is CC[N+](CC)=c1ccc2ccc(C3=CCC4CC3C4(C)C)oc-2c1. The quantitative estimate of drug-likeness (QED) is 0.752. The molecule has 0 aromatic carbocycles. The molecule has 5 aliphatic rings. The normalized spacial score (nSPS) is 24.4. The monoisotopic (exact) mass is 322 g/mol. The van der Waals surface area contributed by atoms with Crippen molar-refractivity contribution < 1.29 is 4.42 Å². The Balaban J connectivity index is 1.80. The van der Waals surface area contributed by atoms with Crippen LogP contribution >= 0.6 is 0 Å². The van der Waals surface area contributed by atoms with Gasteiger partial charge in [0.05, 0.1) is 6.07 Å². The summed E-state index contributed by atoms with van der Waals surface area (Å²) >= 11 is 0. The third-order valence-electron chi connectivity index (χ3n) is 6.51. The van der Waals surface area contributed by atoms with Crippen molar-refractivity contribution in [1.29, 1.82) is 0 Å². The highest BCUT2D eigenvalue weighted by atomic mass is 16.3. The van der Waals surface area contributed by atoms with E-state index in [1.54, 1.807) is 0 Å². The third kappa shape index (κ3) is 2.27. The minimum absolute atomic E-state index is 0.428. The zero-order chi connectivity index (χ0) is 16.9. The summed E-state index contributed by atoms with van der Waals surface area (Å²) in [6.07, 6.45) is 4.95. The van der Waals surface area contributed by atoms with Gasteiger partial charge in [-0.05, 0) is 67.7 Å². The van der Waals surface area contributed by atoms with Crippen LogP contribution in [0.3, 0.4) is 0 Å². The minimum Gasteiger partial charge on any atom is -0.456 e. The predicted molar refractivity (Wildman–Crippen MR) is 99.7 cm³/mol. The molecule has 0 radical (unpaired) electrons. The maximum absolute atomic E-state index is 6.37. The number of hydrogen-bond donors (Lipinski definition) is 0. The van der Waals surface area contributed by atoms with Crippen molar-refractivity contribution in [2.75, 3.05) is 13.1 Å². The molecule has 1 fully saturated rings. The van der Waals surface area contributed by atoms with Gasteiger partial charge in [-0.15, -0.1) is 0 Å². The predicted octanol–water partition coefficient (Wildman–Crippen LogP) is 4.65. The summed E-state index contributed by atoms with van der Waals surface area (Å²) < 4.78 is 8.74. The van der Waals surface area contributed by atoms with Gasteiger partial charge in [0.2, 0.25) is 5.36 Å². The molecule has 0 amide bonds. The molecule has 4 aliphatic carbocycles. The largest absolute Gasteiger partial charge is 0.456 e. The summed E-state index contributed by atoms with van der Waals surface area (Å²) in [5, 5.41) is 1.25. The molecule has 2 heteroatoms. The molecule has 2 bridgehead atoms. The van der Waals surface area contributed by atoms with E-state index < -0.39 is 0 Å². The molecule has 0 N–H and O–H groups in total. The van der Waals surface area contributed by atoms with Crippen molar-refractivity contribution in [2.45, 2.75) is 40.5 Å². The highest BCUT2D eigenvalue weighted by Gasteiger charge is 2.51. The smallest absolute Gasteiger partial charge is 0.203 e. The minimum atomic E-state index is 0.428. The topological polar surface area (TPSA) is 16.1 Å². The summed E-state index contributed by atoms with van der Waals surface area (Å²) in [7, 11) is 0. The van der Waals surface area contributed by atoms with Crippen LogP contribution in [-0.2, 0) is 0 Å². The second-order valence-electron chi connectivity index (χ2n) is 7.90. The van der Waals surface area contributed by atoms with Crippen molar-refractivity contribution in [3.8, 4) is 11.3 Å². The zero-order valence-corrected chi connectivity index (χ0v) is 15.3. The van der Waals surface area contributed by atoms with Crippen molar-refractivity contribution in [3.05, 3.63) is 47.5 Å². The van der Waals surface area contributed by atoms with E-state index in [1.165, 1.54) is 29.3 Å². The summed E-state index contributed by atoms with van der Waals surface area (Å²) in [5.41, 5.74) is 3.03. The van der Waals surface area contributed by atoms with Crippen LogP contribution in [0.2, 0.25) is 0 Å². The van der Waals surface area contributed by atoms with Crippen LogP contribution in [-0.4, -0.2) is 13.1 Å². The lowest BCUT2D eigenvalue weighted by Gasteiger charge is -2.56. The number of fused-ring (bicyclic) bond motifs is 2. The Bertz CT molecular complexity index is 833. The van der Waals surface area contributed by atoms with E-state index in [0.29, 0.717) is 11.3 Å². The summed E-state index contributed by atoms with van der Waals surface area (Å²) in [4.78, 5) is 0. The van der Waals surface area contributed by atoms with Gasteiger partial charge in [0.25, 0.3) is 0 Å². The lowest BCUT2D eigenvalue weighted by Crippen LogP contribution is -2.47. The molecule has 0 aromatic rings. The van der Waals surface area contributed by atoms with E-state index in [9.17, 15) is 0 Å². The molecule has 2 atom stereocenters. The van der Waals surface area contributed by atoms with Gasteiger partial charge in [0.1, 0.15) is 24.6 Å². The third-order valence-corrected chi connectivity index (χ3v) is 6.51. The van der Waals surface area contributed by atoms with Crippen LogP contribution in [0.1, 0.15) is 46.3 Å². The van der Waals surface area contributed by atoms with Gasteiger partial charge in [-0.2, -0.15) is 0 Å². The molecular formula is C22H28NO+. The molecule has 126 valence electrons. The number of allylic oxidation sites excluding steroid dienone is 2. The molecule has 2 nitrogen and oxygen atoms in total. The van der Waals surface area contributed by atoms with Gasteiger partial charge in [-0.1, -0.05) is 19.9 Å². The molecule has 2 unspecified atom stereocenters. The van der Waals surface area contributed by atoms with Crippen molar-refractivity contribution >= 4 is 5.57 Å². The summed E-state index contributed by atoms with van der Waals surface area (Å²) in [6, 6.07) is 10.9. The van der Waals surface area contributed by atoms with Crippen LogP contribution < -0.4 is 9.93 Å². The average Bonchev–Trinajstić information content (AvgIpc) is 2.62. The molecule has 1 saturated carbocycles. The van der Waals surface area contributed by atoms with Gasteiger partial charge >= 0.3 is 0 Å². The Labute approximate surface area is 144 Å². The Morgan fingerprint density at radius 1 is 1.08 bits per heavy atom. The number of rotatable bonds is 3. The molecule has 0 saturated heterocycles. The molecular weight excluding hydrogens is 294 g/mol. The Morgan fingerprint density at radius 2 is 1.83 bits per heavy atom. The fraction of sp³-hybridized carbons (Fsp3) is 0.500. The Kier molecular flexibility index (Phi) is 3.67. The van der Waals surface area contributed by atoms with Crippen molar-refractivity contribution in [2.24, 2.45) is 17.3 Å². The maximum Gasteiger partial charge on any atom is 0.203 e. The second kappa shape index (κ2) is 5.61. The van der Waals surface area contributed by atoms with Gasteiger partial charge in [-0.3, -0.25) is 0 Å². The number of nitrogens with zero attached hydrogens (tertiary/aromatic N) is 1. The molecule has 5 rings (SSSR count). The van der Waals surface area contributed by atoms with Gasteiger partial charge in [-0.25, -0.2) is 4.58 Å². The lowest BCUT2D eigenvalue weighted by atomic mass is 9.48. The first-order valence-corrected chi connectivity index (χ1v) is 9.36. The van der Waals surface area contributed by atoms with E-state index in [2.05, 4.69) is 68.7 Å². The fourth-order valence-corrected chi connectivity index (χ4v) is 4.64. The molecule has 1 heterocycles. The molecule has 0 aromatic heterocycles. The first kappa shape index (κ1) is 15.7. The van der Waals surface area contributed by atoms with Crippen molar-refractivity contribution in [3.63, 3.8) is 0 Å². The first-order valence-electron chi connectivity index (χ1n) is 9.36. The standard InChI is InChI=1S/C22H28NO/c1-5-23(6-2)17-10-7-15-8-12-20(24-21(15)14-17)18-11-9-16-13-19(18)22(16,3)4/h7-8,10-12,14,16,19H,5-6,9,13H2,1-4H3/q+1. The average molecular weight is 322 g/mol. The Morgan fingerprint density at radius 3 is 2.50 bits per heavy atom. The number of benzene rings is 1. The van der Waals surface area contributed by atoms with Crippen molar-refractivity contribution in [1.82, 2.24) is 4.58 Å². The molecule has 0 spiro atoms. The van der Waals surface area contributed by atoms with Crippen LogP contribution in [0.25, 0.3) is 16.9 Å². The summed E-state index contributed by atoms with van der Waals surface area (Å²) in [6.45, 7) is 11.3. The lowest BCUT2D eigenvalue weighted by molar-refractivity contribution is 0.0102. The second-order valence-corrected chi connectivity index (χ2v) is 7.90. The zero-order valence-electron chi connectivity index (χ0n) is 15.3. The van der Waals surface area contributed by atoms with E-state index in [4.69, 9.17) is 4.42 Å². The van der Waals surface area contributed by atoms with Gasteiger partial charge in [0.15, 0.2) is 0 Å². The van der Waals surface area contributed by atoms with Crippen LogP contribution in [0.5, 0.6) is 0 Å².